The molecule has 0 spiro atoms. The van der Waals surface area contributed by atoms with Crippen LogP contribution in [0.1, 0.15) is 45.4 Å². The van der Waals surface area contributed by atoms with Crippen LogP contribution in [-0.2, 0) is 4.79 Å². The minimum Gasteiger partial charge on any atom is -0.393 e. The van der Waals surface area contributed by atoms with Crippen LogP contribution in [0, 0.1) is 5.92 Å². The highest BCUT2D eigenvalue weighted by Crippen LogP contribution is 2.35. The number of carbonyl (C=O) groups excluding carboxylic acids is 1. The zero-order valence-electron chi connectivity index (χ0n) is 11.4. The van der Waals surface area contributed by atoms with Crippen molar-refractivity contribution in [2.75, 3.05) is 19.6 Å². The zero-order chi connectivity index (χ0) is 13.0. The summed E-state index contributed by atoms with van der Waals surface area (Å²) in [7, 11) is 0. The molecule has 0 aromatic heterocycles. The Hall–Kier alpha value is -0.610. The molecule has 2 aliphatic rings. The second-order valence-corrected chi connectivity index (χ2v) is 5.61. The molecule has 4 nitrogen and oxygen atoms in total. The van der Waals surface area contributed by atoms with Gasteiger partial charge < -0.3 is 10.4 Å². The van der Waals surface area contributed by atoms with Crippen molar-refractivity contribution in [1.29, 1.82) is 0 Å². The van der Waals surface area contributed by atoms with Gasteiger partial charge in [0.2, 0.25) is 5.91 Å². The smallest absolute Gasteiger partial charge is 0.221 e. The standard InChI is InChI=1S/C14H26N2O2/c1-2-15-14(18)8-10-16-9-4-6-12(16)11-5-3-7-13(11)17/h11-13,17H,2-10H2,1H3,(H,15,18). The van der Waals surface area contributed by atoms with Crippen molar-refractivity contribution in [2.24, 2.45) is 5.92 Å². The normalized spacial score (nSPS) is 32.9. The number of nitrogens with zero attached hydrogens (tertiary/aromatic N) is 1. The van der Waals surface area contributed by atoms with Gasteiger partial charge in [-0.15, -0.1) is 0 Å². The van der Waals surface area contributed by atoms with Crippen molar-refractivity contribution in [3.05, 3.63) is 0 Å². The van der Waals surface area contributed by atoms with Gasteiger partial charge in [-0.25, -0.2) is 0 Å². The number of hydrogen-bond acceptors (Lipinski definition) is 3. The van der Waals surface area contributed by atoms with Crippen LogP contribution < -0.4 is 5.32 Å². The van der Waals surface area contributed by atoms with Crippen molar-refractivity contribution >= 4 is 5.91 Å². The van der Waals surface area contributed by atoms with Crippen LogP contribution >= 0.6 is 0 Å². The number of aliphatic hydroxyl groups is 1. The molecule has 0 aromatic rings. The maximum Gasteiger partial charge on any atom is 0.221 e. The lowest BCUT2D eigenvalue weighted by molar-refractivity contribution is -0.121. The quantitative estimate of drug-likeness (QED) is 0.773. The van der Waals surface area contributed by atoms with Gasteiger partial charge in [0.15, 0.2) is 0 Å². The zero-order valence-corrected chi connectivity index (χ0v) is 11.4. The number of nitrogens with one attached hydrogen (secondary N) is 1. The highest BCUT2D eigenvalue weighted by atomic mass is 16.3. The molecule has 0 radical (unpaired) electrons. The van der Waals surface area contributed by atoms with Crippen molar-refractivity contribution < 1.29 is 9.90 Å². The average molecular weight is 254 g/mol. The van der Waals surface area contributed by atoms with Crippen LogP contribution in [0.15, 0.2) is 0 Å². The Kier molecular flexibility index (Phi) is 5.01. The summed E-state index contributed by atoms with van der Waals surface area (Å²) < 4.78 is 0. The van der Waals surface area contributed by atoms with Gasteiger partial charge in [-0.3, -0.25) is 9.69 Å². The second kappa shape index (κ2) is 6.53. The first-order valence-corrected chi connectivity index (χ1v) is 7.41. The fraction of sp³-hybridized carbons (Fsp3) is 0.929. The maximum absolute atomic E-state index is 11.5. The Balaban J connectivity index is 1.82. The molecule has 2 N–H and O–H groups in total. The van der Waals surface area contributed by atoms with E-state index in [1.54, 1.807) is 0 Å². The molecular formula is C14H26N2O2. The Morgan fingerprint density at radius 3 is 2.83 bits per heavy atom. The molecule has 2 fully saturated rings. The van der Waals surface area contributed by atoms with Crippen LogP contribution in [0.4, 0.5) is 0 Å². The molecule has 1 amide bonds. The number of likely N-dealkylation sites (tertiary alicyclic amines) is 1. The van der Waals surface area contributed by atoms with E-state index in [0.29, 0.717) is 24.9 Å². The molecule has 0 aromatic carbocycles. The number of aliphatic hydroxyl groups excluding tert-OH is 1. The third-order valence-corrected chi connectivity index (χ3v) is 4.44. The van der Waals surface area contributed by atoms with E-state index in [2.05, 4.69) is 10.2 Å². The largest absolute Gasteiger partial charge is 0.393 e. The summed E-state index contributed by atoms with van der Waals surface area (Å²) in [5, 5.41) is 12.9. The SMILES string of the molecule is CCNC(=O)CCN1CCCC1C1CCCC1O. The van der Waals surface area contributed by atoms with E-state index >= 15 is 0 Å². The molecule has 1 heterocycles. The second-order valence-electron chi connectivity index (χ2n) is 5.61. The number of hydrogen-bond donors (Lipinski definition) is 2. The molecule has 1 aliphatic carbocycles. The van der Waals surface area contributed by atoms with E-state index in [1.165, 1.54) is 12.8 Å². The van der Waals surface area contributed by atoms with Gasteiger partial charge >= 0.3 is 0 Å². The first-order chi connectivity index (χ1) is 8.72. The topological polar surface area (TPSA) is 52.6 Å². The van der Waals surface area contributed by atoms with E-state index in [-0.39, 0.29) is 12.0 Å². The van der Waals surface area contributed by atoms with Crippen LogP contribution in [0.2, 0.25) is 0 Å². The fourth-order valence-corrected chi connectivity index (χ4v) is 3.56. The summed E-state index contributed by atoms with van der Waals surface area (Å²) in [5.41, 5.74) is 0. The molecule has 0 bridgehead atoms. The van der Waals surface area contributed by atoms with Crippen LogP contribution in [0.25, 0.3) is 0 Å². The molecule has 2 rings (SSSR count). The van der Waals surface area contributed by atoms with Gasteiger partial charge in [-0.2, -0.15) is 0 Å². The predicted molar refractivity (Wildman–Crippen MR) is 71.2 cm³/mol. The van der Waals surface area contributed by atoms with Crippen LogP contribution in [0.3, 0.4) is 0 Å². The lowest BCUT2D eigenvalue weighted by Gasteiger charge is -2.31. The third-order valence-electron chi connectivity index (χ3n) is 4.44. The van der Waals surface area contributed by atoms with Crippen molar-refractivity contribution in [1.82, 2.24) is 10.2 Å². The number of amides is 1. The van der Waals surface area contributed by atoms with Gasteiger partial charge in [0, 0.05) is 31.5 Å². The molecule has 4 heteroatoms. The summed E-state index contributed by atoms with van der Waals surface area (Å²) in [6, 6.07) is 0.511. The molecule has 3 unspecified atom stereocenters. The Bertz CT molecular complexity index is 283. The first-order valence-electron chi connectivity index (χ1n) is 7.41. The summed E-state index contributed by atoms with van der Waals surface area (Å²) in [4.78, 5) is 13.9. The molecule has 3 atom stereocenters. The third kappa shape index (κ3) is 3.23. The van der Waals surface area contributed by atoms with E-state index in [1.807, 2.05) is 6.92 Å². The van der Waals surface area contributed by atoms with Gasteiger partial charge in [-0.05, 0) is 39.2 Å². The highest BCUT2D eigenvalue weighted by Gasteiger charge is 2.37. The van der Waals surface area contributed by atoms with E-state index in [9.17, 15) is 9.90 Å². The fourth-order valence-electron chi connectivity index (χ4n) is 3.56. The summed E-state index contributed by atoms with van der Waals surface area (Å²) >= 11 is 0. The average Bonchev–Trinajstić information content (AvgIpc) is 2.95. The van der Waals surface area contributed by atoms with Gasteiger partial charge in [0.05, 0.1) is 6.10 Å². The molecular weight excluding hydrogens is 228 g/mol. The molecule has 1 aliphatic heterocycles. The van der Waals surface area contributed by atoms with Crippen LogP contribution in [-0.4, -0.2) is 47.7 Å². The Morgan fingerprint density at radius 2 is 2.17 bits per heavy atom. The summed E-state index contributed by atoms with van der Waals surface area (Å²) in [6.07, 6.45) is 6.16. The molecule has 104 valence electrons. The Labute approximate surface area is 110 Å². The maximum atomic E-state index is 11.5. The minimum atomic E-state index is -0.111. The van der Waals surface area contributed by atoms with E-state index in [4.69, 9.17) is 0 Å². The summed E-state index contributed by atoms with van der Waals surface area (Å²) in [6.45, 7) is 4.60. The van der Waals surface area contributed by atoms with E-state index in [0.717, 1.165) is 32.4 Å². The number of carbonyl (C=O) groups is 1. The minimum absolute atomic E-state index is 0.111. The number of rotatable bonds is 5. The lowest BCUT2D eigenvalue weighted by atomic mass is 9.94. The van der Waals surface area contributed by atoms with Crippen LogP contribution in [0.5, 0.6) is 0 Å². The van der Waals surface area contributed by atoms with Gasteiger partial charge in [0.25, 0.3) is 0 Å². The monoisotopic (exact) mass is 254 g/mol. The Morgan fingerprint density at radius 1 is 1.33 bits per heavy atom. The van der Waals surface area contributed by atoms with Crippen molar-refractivity contribution in [3.63, 3.8) is 0 Å². The van der Waals surface area contributed by atoms with Crippen molar-refractivity contribution in [3.8, 4) is 0 Å². The van der Waals surface area contributed by atoms with Gasteiger partial charge in [-0.1, -0.05) is 6.42 Å². The summed E-state index contributed by atoms with van der Waals surface area (Å²) in [5.74, 6) is 0.594. The highest BCUT2D eigenvalue weighted by molar-refractivity contribution is 5.75. The lowest BCUT2D eigenvalue weighted by Crippen LogP contribution is -2.40. The molecule has 1 saturated carbocycles. The van der Waals surface area contributed by atoms with Crippen molar-refractivity contribution in [2.45, 2.75) is 57.6 Å². The van der Waals surface area contributed by atoms with E-state index < -0.39 is 0 Å². The molecule has 18 heavy (non-hydrogen) atoms. The first kappa shape index (κ1) is 13.8. The molecule has 1 saturated heterocycles. The predicted octanol–water partition coefficient (Wildman–Crippen LogP) is 1.14. The van der Waals surface area contributed by atoms with Gasteiger partial charge in [0.1, 0.15) is 0 Å².